The standard InChI is InChI=1S/C20H18N4O4/c1-26-16-5-3-2-4-14(16)23-20-21-9-8-15(24-20)19(25)22-13-6-7-17-18(12-13)28-11-10-27-17/h2-9,12H,10-11H2,1H3,(H,22,25)(H,21,23,24). The topological polar surface area (TPSA) is 94.6 Å². The summed E-state index contributed by atoms with van der Waals surface area (Å²) in [6.45, 7) is 0.996. The molecular formula is C20H18N4O4. The van der Waals surface area contributed by atoms with Crippen LogP contribution in [-0.2, 0) is 0 Å². The number of fused-ring (bicyclic) bond motifs is 1. The number of carbonyl (C=O) groups excluding carboxylic acids is 1. The fourth-order valence-corrected chi connectivity index (χ4v) is 2.73. The van der Waals surface area contributed by atoms with E-state index in [1.807, 2.05) is 24.3 Å². The Bertz CT molecular complexity index is 1010. The Morgan fingerprint density at radius 2 is 1.89 bits per heavy atom. The number of methoxy groups -OCH3 is 1. The number of carbonyl (C=O) groups is 1. The maximum atomic E-state index is 12.6. The molecule has 1 aliphatic rings. The first-order valence-electron chi connectivity index (χ1n) is 8.67. The van der Waals surface area contributed by atoms with Gasteiger partial charge in [0.05, 0.1) is 12.8 Å². The SMILES string of the molecule is COc1ccccc1Nc1nccc(C(=O)Nc2ccc3c(c2)OCCO3)n1. The molecule has 8 nitrogen and oxygen atoms in total. The van der Waals surface area contributed by atoms with E-state index in [4.69, 9.17) is 14.2 Å². The third-order valence-corrected chi connectivity index (χ3v) is 4.04. The Balaban J connectivity index is 1.50. The van der Waals surface area contributed by atoms with E-state index in [9.17, 15) is 4.79 Å². The summed E-state index contributed by atoms with van der Waals surface area (Å²) in [5.41, 5.74) is 1.52. The van der Waals surface area contributed by atoms with Gasteiger partial charge in [0, 0.05) is 18.0 Å². The average molecular weight is 378 g/mol. The molecule has 8 heteroatoms. The van der Waals surface area contributed by atoms with Gasteiger partial charge in [-0.2, -0.15) is 0 Å². The van der Waals surface area contributed by atoms with Crippen molar-refractivity contribution in [2.45, 2.75) is 0 Å². The van der Waals surface area contributed by atoms with Crippen molar-refractivity contribution < 1.29 is 19.0 Å². The number of aromatic nitrogens is 2. The van der Waals surface area contributed by atoms with Crippen molar-refractivity contribution in [3.05, 3.63) is 60.4 Å². The predicted molar refractivity (Wildman–Crippen MR) is 104 cm³/mol. The number of hydrogen-bond donors (Lipinski definition) is 2. The molecule has 4 rings (SSSR count). The van der Waals surface area contributed by atoms with Crippen molar-refractivity contribution >= 4 is 23.2 Å². The number of amides is 1. The highest BCUT2D eigenvalue weighted by Gasteiger charge is 2.15. The van der Waals surface area contributed by atoms with Crippen LogP contribution in [0.1, 0.15) is 10.5 Å². The van der Waals surface area contributed by atoms with Gasteiger partial charge in [-0.1, -0.05) is 12.1 Å². The summed E-state index contributed by atoms with van der Waals surface area (Å²) in [6.07, 6.45) is 1.52. The molecule has 0 atom stereocenters. The number of anilines is 3. The Labute approximate surface area is 161 Å². The normalized spacial score (nSPS) is 12.2. The van der Waals surface area contributed by atoms with Gasteiger partial charge in [0.25, 0.3) is 5.91 Å². The Morgan fingerprint density at radius 1 is 1.07 bits per heavy atom. The Hall–Kier alpha value is -3.81. The summed E-state index contributed by atoms with van der Waals surface area (Å²) in [6, 6.07) is 14.2. The van der Waals surface area contributed by atoms with Crippen molar-refractivity contribution in [1.82, 2.24) is 9.97 Å². The van der Waals surface area contributed by atoms with Crippen LogP contribution in [0.25, 0.3) is 0 Å². The largest absolute Gasteiger partial charge is 0.495 e. The summed E-state index contributed by atoms with van der Waals surface area (Å²) >= 11 is 0. The highest BCUT2D eigenvalue weighted by molar-refractivity contribution is 6.03. The van der Waals surface area contributed by atoms with Crippen LogP contribution in [0.15, 0.2) is 54.7 Å². The van der Waals surface area contributed by atoms with Gasteiger partial charge in [-0.05, 0) is 30.3 Å². The van der Waals surface area contributed by atoms with Gasteiger partial charge in [0.2, 0.25) is 5.95 Å². The molecule has 3 aromatic rings. The van der Waals surface area contributed by atoms with Crippen LogP contribution >= 0.6 is 0 Å². The molecule has 0 radical (unpaired) electrons. The smallest absolute Gasteiger partial charge is 0.274 e. The summed E-state index contributed by atoms with van der Waals surface area (Å²) in [7, 11) is 1.58. The first kappa shape index (κ1) is 17.6. The van der Waals surface area contributed by atoms with Gasteiger partial charge in [-0.15, -0.1) is 0 Å². The number of hydrogen-bond acceptors (Lipinski definition) is 7. The van der Waals surface area contributed by atoms with Crippen LogP contribution in [0.2, 0.25) is 0 Å². The molecule has 0 aliphatic carbocycles. The van der Waals surface area contributed by atoms with Gasteiger partial charge >= 0.3 is 0 Å². The van der Waals surface area contributed by atoms with Crippen molar-refractivity contribution in [3.63, 3.8) is 0 Å². The van der Waals surface area contributed by atoms with Crippen LogP contribution < -0.4 is 24.8 Å². The Morgan fingerprint density at radius 3 is 2.75 bits per heavy atom. The molecule has 0 unspecified atom stereocenters. The summed E-state index contributed by atoms with van der Waals surface area (Å²) in [5.74, 6) is 1.85. The van der Waals surface area contributed by atoms with Crippen LogP contribution in [0.3, 0.4) is 0 Å². The molecule has 0 spiro atoms. The second-order valence-corrected chi connectivity index (χ2v) is 5.90. The van der Waals surface area contributed by atoms with Gasteiger partial charge < -0.3 is 24.8 Å². The van der Waals surface area contributed by atoms with Crippen molar-refractivity contribution in [3.8, 4) is 17.2 Å². The lowest BCUT2D eigenvalue weighted by atomic mass is 10.2. The van der Waals surface area contributed by atoms with E-state index in [0.717, 1.165) is 0 Å². The molecule has 28 heavy (non-hydrogen) atoms. The molecular weight excluding hydrogens is 360 g/mol. The second-order valence-electron chi connectivity index (χ2n) is 5.90. The molecule has 0 bridgehead atoms. The van der Waals surface area contributed by atoms with Crippen molar-refractivity contribution in [2.75, 3.05) is 31.0 Å². The maximum Gasteiger partial charge on any atom is 0.274 e. The van der Waals surface area contributed by atoms with Gasteiger partial charge in [0.1, 0.15) is 24.7 Å². The summed E-state index contributed by atoms with van der Waals surface area (Å²) in [5, 5.41) is 5.86. The highest BCUT2D eigenvalue weighted by atomic mass is 16.6. The molecule has 142 valence electrons. The van der Waals surface area contributed by atoms with Crippen molar-refractivity contribution in [1.29, 1.82) is 0 Å². The van der Waals surface area contributed by atoms with E-state index in [1.54, 1.807) is 31.4 Å². The zero-order valence-electron chi connectivity index (χ0n) is 15.1. The number of para-hydroxylation sites is 2. The average Bonchev–Trinajstić information content (AvgIpc) is 2.74. The fourth-order valence-electron chi connectivity index (χ4n) is 2.73. The van der Waals surface area contributed by atoms with Crippen LogP contribution in [0.4, 0.5) is 17.3 Å². The molecule has 1 aliphatic heterocycles. The van der Waals surface area contributed by atoms with E-state index < -0.39 is 0 Å². The van der Waals surface area contributed by atoms with Crippen LogP contribution in [0, 0.1) is 0 Å². The monoisotopic (exact) mass is 378 g/mol. The molecule has 1 amide bonds. The number of benzene rings is 2. The molecule has 0 saturated heterocycles. The van der Waals surface area contributed by atoms with Gasteiger partial charge in [-0.3, -0.25) is 4.79 Å². The lowest BCUT2D eigenvalue weighted by molar-refractivity contribution is 0.102. The van der Waals surface area contributed by atoms with Gasteiger partial charge in [0.15, 0.2) is 11.5 Å². The quantitative estimate of drug-likeness (QED) is 0.704. The van der Waals surface area contributed by atoms with Gasteiger partial charge in [-0.25, -0.2) is 9.97 Å². The minimum absolute atomic E-state index is 0.224. The molecule has 2 N–H and O–H groups in total. The molecule has 0 fully saturated rings. The van der Waals surface area contributed by atoms with Crippen molar-refractivity contribution in [2.24, 2.45) is 0 Å². The fraction of sp³-hybridized carbons (Fsp3) is 0.150. The third-order valence-electron chi connectivity index (χ3n) is 4.04. The number of ether oxygens (including phenoxy) is 3. The summed E-state index contributed by atoms with van der Waals surface area (Å²) in [4.78, 5) is 21.0. The van der Waals surface area contributed by atoms with Crippen LogP contribution in [-0.4, -0.2) is 36.2 Å². The Kier molecular flexibility index (Phi) is 4.92. The third kappa shape index (κ3) is 3.80. The second kappa shape index (κ2) is 7.83. The molecule has 2 heterocycles. The minimum atomic E-state index is -0.359. The lowest BCUT2D eigenvalue weighted by Gasteiger charge is -2.19. The first-order valence-corrected chi connectivity index (χ1v) is 8.67. The van der Waals surface area contributed by atoms with E-state index in [0.29, 0.717) is 47.8 Å². The van der Waals surface area contributed by atoms with E-state index >= 15 is 0 Å². The number of rotatable bonds is 5. The molecule has 0 saturated carbocycles. The summed E-state index contributed by atoms with van der Waals surface area (Å²) < 4.78 is 16.3. The number of nitrogens with zero attached hydrogens (tertiary/aromatic N) is 2. The van der Waals surface area contributed by atoms with E-state index in [2.05, 4.69) is 20.6 Å². The lowest BCUT2D eigenvalue weighted by Crippen LogP contribution is -2.17. The van der Waals surface area contributed by atoms with Crippen LogP contribution in [0.5, 0.6) is 17.2 Å². The molecule has 1 aromatic heterocycles. The maximum absolute atomic E-state index is 12.6. The van der Waals surface area contributed by atoms with E-state index in [1.165, 1.54) is 6.20 Å². The zero-order chi connectivity index (χ0) is 19.3. The highest BCUT2D eigenvalue weighted by Crippen LogP contribution is 2.32. The first-order chi connectivity index (χ1) is 13.7. The molecule has 2 aromatic carbocycles. The van der Waals surface area contributed by atoms with E-state index in [-0.39, 0.29) is 11.6 Å². The zero-order valence-corrected chi connectivity index (χ0v) is 15.1. The number of nitrogens with one attached hydrogen (secondary N) is 2. The predicted octanol–water partition coefficient (Wildman–Crippen LogP) is 3.25. The minimum Gasteiger partial charge on any atom is -0.495 e.